The second-order valence-corrected chi connectivity index (χ2v) is 7.06. The molecule has 4 aromatic rings. The molecule has 0 spiro atoms. The molecule has 0 aliphatic heterocycles. The molecular formula is C20H14FN5S. The summed E-state index contributed by atoms with van der Waals surface area (Å²) in [5, 5.41) is 23.3. The molecule has 4 rings (SSSR count). The Balaban J connectivity index is 1.66. The number of nitrogens with zero attached hydrogens (tertiary/aromatic N) is 4. The standard InChI is InChI=1S/C20H14FN5S/c1-12-7-15(21)8-16-18(12)23-10-14(9-22)19(16)24-11-17-25-26-20(27-17)13-5-3-2-4-6-13/h2-8,10H,11H2,1H3,(H,23,24). The molecule has 27 heavy (non-hydrogen) atoms. The number of halogens is 1. The SMILES string of the molecule is Cc1cc(F)cc2c(NCc3nnc(-c4ccccc4)s3)c(C#N)cnc12. The van der Waals surface area contributed by atoms with Crippen LogP contribution in [-0.4, -0.2) is 15.2 Å². The summed E-state index contributed by atoms with van der Waals surface area (Å²) in [6.07, 6.45) is 1.51. The van der Waals surface area contributed by atoms with Gasteiger partial charge in [-0.1, -0.05) is 41.7 Å². The second-order valence-electron chi connectivity index (χ2n) is 6.00. The number of rotatable bonds is 4. The highest BCUT2D eigenvalue weighted by molar-refractivity contribution is 7.14. The molecule has 132 valence electrons. The molecule has 0 atom stereocenters. The summed E-state index contributed by atoms with van der Waals surface area (Å²) >= 11 is 1.47. The molecule has 0 saturated carbocycles. The number of benzene rings is 2. The monoisotopic (exact) mass is 375 g/mol. The van der Waals surface area contributed by atoms with E-state index in [4.69, 9.17) is 0 Å². The minimum absolute atomic E-state index is 0.359. The Morgan fingerprint density at radius 3 is 2.78 bits per heavy atom. The normalized spacial score (nSPS) is 10.7. The van der Waals surface area contributed by atoms with Crippen LogP contribution in [0.15, 0.2) is 48.7 Å². The van der Waals surface area contributed by atoms with Crippen LogP contribution in [0.4, 0.5) is 10.1 Å². The first-order valence-electron chi connectivity index (χ1n) is 8.26. The van der Waals surface area contributed by atoms with E-state index in [1.165, 1.54) is 29.7 Å². The molecule has 0 aliphatic carbocycles. The third-order valence-electron chi connectivity index (χ3n) is 4.15. The zero-order valence-corrected chi connectivity index (χ0v) is 15.2. The highest BCUT2D eigenvalue weighted by atomic mass is 32.1. The van der Waals surface area contributed by atoms with Gasteiger partial charge in [0.2, 0.25) is 0 Å². The van der Waals surface area contributed by atoms with Crippen molar-refractivity contribution in [3.63, 3.8) is 0 Å². The fraction of sp³-hybridized carbons (Fsp3) is 0.100. The molecule has 7 heteroatoms. The minimum Gasteiger partial charge on any atom is -0.377 e. The Labute approximate surface area is 159 Å². The van der Waals surface area contributed by atoms with Crippen LogP contribution < -0.4 is 5.32 Å². The Bertz CT molecular complexity index is 1160. The summed E-state index contributed by atoms with van der Waals surface area (Å²) in [6.45, 7) is 2.18. The van der Waals surface area contributed by atoms with Crippen LogP contribution in [0.3, 0.4) is 0 Å². The maximum Gasteiger partial charge on any atom is 0.147 e. The molecule has 1 N–H and O–H groups in total. The highest BCUT2D eigenvalue weighted by Gasteiger charge is 2.13. The third kappa shape index (κ3) is 3.35. The minimum atomic E-state index is -0.359. The van der Waals surface area contributed by atoms with Crippen molar-refractivity contribution in [3.8, 4) is 16.6 Å². The maximum absolute atomic E-state index is 13.9. The number of aromatic nitrogens is 3. The molecule has 0 unspecified atom stereocenters. The lowest BCUT2D eigenvalue weighted by Gasteiger charge is -2.11. The molecule has 2 aromatic carbocycles. The van der Waals surface area contributed by atoms with Gasteiger partial charge in [0.15, 0.2) is 0 Å². The van der Waals surface area contributed by atoms with Crippen LogP contribution >= 0.6 is 11.3 Å². The smallest absolute Gasteiger partial charge is 0.147 e. The molecule has 0 saturated heterocycles. The van der Waals surface area contributed by atoms with Gasteiger partial charge in [-0.05, 0) is 24.6 Å². The lowest BCUT2D eigenvalue weighted by Crippen LogP contribution is -2.03. The van der Waals surface area contributed by atoms with Gasteiger partial charge in [-0.15, -0.1) is 10.2 Å². The summed E-state index contributed by atoms with van der Waals surface area (Å²) in [5.41, 5.74) is 3.31. The summed E-state index contributed by atoms with van der Waals surface area (Å²) in [7, 11) is 0. The molecule has 0 fully saturated rings. The largest absolute Gasteiger partial charge is 0.377 e. The van der Waals surface area contributed by atoms with E-state index in [9.17, 15) is 9.65 Å². The summed E-state index contributed by atoms with van der Waals surface area (Å²) in [6, 6.07) is 14.8. The van der Waals surface area contributed by atoms with E-state index in [0.29, 0.717) is 28.7 Å². The van der Waals surface area contributed by atoms with Crippen LogP contribution in [0, 0.1) is 24.1 Å². The molecule has 0 amide bonds. The average Bonchev–Trinajstić information content (AvgIpc) is 3.15. The average molecular weight is 375 g/mol. The lowest BCUT2D eigenvalue weighted by molar-refractivity contribution is 0.628. The van der Waals surface area contributed by atoms with E-state index >= 15 is 0 Å². The van der Waals surface area contributed by atoms with Gasteiger partial charge in [-0.25, -0.2) is 4.39 Å². The van der Waals surface area contributed by atoms with Gasteiger partial charge in [-0.2, -0.15) is 5.26 Å². The maximum atomic E-state index is 13.9. The molecule has 0 aliphatic rings. The van der Waals surface area contributed by atoms with Crippen LogP contribution in [0.1, 0.15) is 16.1 Å². The van der Waals surface area contributed by atoms with E-state index < -0.39 is 0 Å². The first kappa shape index (κ1) is 17.1. The predicted molar refractivity (Wildman–Crippen MR) is 104 cm³/mol. The number of pyridine rings is 1. The lowest BCUT2D eigenvalue weighted by atomic mass is 10.1. The number of anilines is 1. The first-order valence-corrected chi connectivity index (χ1v) is 9.08. The number of fused-ring (bicyclic) bond motifs is 1. The molecule has 2 aromatic heterocycles. The van der Waals surface area contributed by atoms with E-state index in [2.05, 4.69) is 26.6 Å². The molecule has 2 heterocycles. The Morgan fingerprint density at radius 2 is 2.00 bits per heavy atom. The highest BCUT2D eigenvalue weighted by Crippen LogP contribution is 2.30. The number of nitrogens with one attached hydrogen (secondary N) is 1. The Morgan fingerprint density at radius 1 is 1.19 bits per heavy atom. The predicted octanol–water partition coefficient (Wildman–Crippen LogP) is 4.68. The van der Waals surface area contributed by atoms with Crippen molar-refractivity contribution in [1.82, 2.24) is 15.2 Å². The number of aryl methyl sites for hydroxylation is 1. The van der Waals surface area contributed by atoms with Gasteiger partial charge in [0.05, 0.1) is 23.3 Å². The fourth-order valence-corrected chi connectivity index (χ4v) is 3.68. The van der Waals surface area contributed by atoms with E-state index in [1.807, 2.05) is 30.3 Å². The van der Waals surface area contributed by atoms with Crippen molar-refractivity contribution < 1.29 is 4.39 Å². The number of hydrogen-bond donors (Lipinski definition) is 1. The fourth-order valence-electron chi connectivity index (χ4n) is 2.90. The Kier molecular flexibility index (Phi) is 4.48. The van der Waals surface area contributed by atoms with Crippen LogP contribution in [0.5, 0.6) is 0 Å². The van der Waals surface area contributed by atoms with Crippen molar-refractivity contribution >= 4 is 27.9 Å². The van der Waals surface area contributed by atoms with E-state index in [-0.39, 0.29) is 5.82 Å². The first-order chi connectivity index (χ1) is 13.2. The van der Waals surface area contributed by atoms with Crippen molar-refractivity contribution in [2.45, 2.75) is 13.5 Å². The van der Waals surface area contributed by atoms with E-state index in [0.717, 1.165) is 21.1 Å². The van der Waals surface area contributed by atoms with Gasteiger partial charge < -0.3 is 5.32 Å². The molecule has 5 nitrogen and oxygen atoms in total. The summed E-state index contributed by atoms with van der Waals surface area (Å²) < 4.78 is 13.9. The molecular weight excluding hydrogens is 361 g/mol. The summed E-state index contributed by atoms with van der Waals surface area (Å²) in [5.74, 6) is -0.359. The molecule has 0 radical (unpaired) electrons. The molecule has 0 bridgehead atoms. The van der Waals surface area contributed by atoms with Crippen molar-refractivity contribution in [3.05, 3.63) is 70.6 Å². The number of hydrogen-bond acceptors (Lipinski definition) is 6. The van der Waals surface area contributed by atoms with Crippen LogP contribution in [-0.2, 0) is 6.54 Å². The van der Waals surface area contributed by atoms with Crippen LogP contribution in [0.2, 0.25) is 0 Å². The zero-order valence-electron chi connectivity index (χ0n) is 14.4. The summed E-state index contributed by atoms with van der Waals surface area (Å²) in [4.78, 5) is 4.30. The van der Waals surface area contributed by atoms with Gasteiger partial charge >= 0.3 is 0 Å². The quantitative estimate of drug-likeness (QED) is 0.560. The third-order valence-corrected chi connectivity index (χ3v) is 5.12. The van der Waals surface area contributed by atoms with Crippen LogP contribution in [0.25, 0.3) is 21.5 Å². The van der Waals surface area contributed by atoms with Crippen molar-refractivity contribution in [2.75, 3.05) is 5.32 Å². The zero-order chi connectivity index (χ0) is 18.8. The van der Waals surface area contributed by atoms with Gasteiger partial charge in [0, 0.05) is 17.1 Å². The number of nitriles is 1. The topological polar surface area (TPSA) is 74.5 Å². The second kappa shape index (κ2) is 7.09. The van der Waals surface area contributed by atoms with Gasteiger partial charge in [-0.3, -0.25) is 4.98 Å². The van der Waals surface area contributed by atoms with Crippen molar-refractivity contribution in [2.24, 2.45) is 0 Å². The Hall–Kier alpha value is -3.37. The van der Waals surface area contributed by atoms with E-state index in [1.54, 1.807) is 6.92 Å². The van der Waals surface area contributed by atoms with Gasteiger partial charge in [0.1, 0.15) is 21.9 Å². The van der Waals surface area contributed by atoms with Gasteiger partial charge in [0.25, 0.3) is 0 Å². The van der Waals surface area contributed by atoms with Crippen molar-refractivity contribution in [1.29, 1.82) is 5.26 Å².